The zero-order chi connectivity index (χ0) is 17.3. The second-order valence-electron chi connectivity index (χ2n) is 4.48. The summed E-state index contributed by atoms with van der Waals surface area (Å²) in [4.78, 5) is 10.9. The summed E-state index contributed by atoms with van der Waals surface area (Å²) in [5.74, 6) is 0.451. The summed E-state index contributed by atoms with van der Waals surface area (Å²) in [6, 6.07) is 5.18. The number of anilines is 1. The van der Waals surface area contributed by atoms with Crippen LogP contribution in [0.4, 0.5) is 5.69 Å². The Morgan fingerprint density at radius 1 is 1.09 bits per heavy atom. The van der Waals surface area contributed by atoms with Gasteiger partial charge in [-0.25, -0.2) is 0 Å². The molecule has 0 atom stereocenters. The molecule has 0 radical (unpaired) electrons. The third-order valence-electron chi connectivity index (χ3n) is 2.85. The Bertz CT molecular complexity index is 772. The van der Waals surface area contributed by atoms with E-state index in [1.54, 1.807) is 18.2 Å². The SMILES string of the molecule is Nc1c(CC(=O)O)cc(I)c(Oc2cc(I)c(O)c(I)c2)c1I. The normalized spacial score (nSPS) is 10.6. The number of hydrogen-bond acceptors (Lipinski definition) is 4. The number of phenolic OH excluding ortho intramolecular Hbond substituents is 1. The molecule has 2 aromatic carbocycles. The van der Waals surface area contributed by atoms with Crippen LogP contribution in [0.1, 0.15) is 5.56 Å². The van der Waals surface area contributed by atoms with Crippen molar-refractivity contribution in [3.63, 3.8) is 0 Å². The quantitative estimate of drug-likeness (QED) is 0.308. The van der Waals surface area contributed by atoms with Gasteiger partial charge in [0.2, 0.25) is 0 Å². The molecular weight excluding hydrogens is 754 g/mol. The van der Waals surface area contributed by atoms with Crippen molar-refractivity contribution in [2.24, 2.45) is 0 Å². The van der Waals surface area contributed by atoms with Crippen molar-refractivity contribution in [2.75, 3.05) is 5.73 Å². The molecule has 4 N–H and O–H groups in total. The molecule has 0 bridgehead atoms. The Kier molecular flexibility index (Phi) is 6.86. The number of aromatic hydroxyl groups is 1. The molecule has 23 heavy (non-hydrogen) atoms. The Balaban J connectivity index is 2.45. The average Bonchev–Trinajstić information content (AvgIpc) is 2.46. The maximum absolute atomic E-state index is 10.9. The lowest BCUT2D eigenvalue weighted by atomic mass is 10.1. The van der Waals surface area contributed by atoms with Crippen LogP contribution in [-0.4, -0.2) is 16.2 Å². The first-order chi connectivity index (χ1) is 10.7. The van der Waals surface area contributed by atoms with Crippen molar-refractivity contribution < 1.29 is 19.7 Å². The predicted octanol–water partition coefficient (Wildman–Crippen LogP) is 4.81. The summed E-state index contributed by atoms with van der Waals surface area (Å²) >= 11 is 8.21. The van der Waals surface area contributed by atoms with Crippen LogP contribution in [0.5, 0.6) is 17.2 Å². The summed E-state index contributed by atoms with van der Waals surface area (Å²) in [6.07, 6.45) is -0.132. The van der Waals surface area contributed by atoms with E-state index in [0.717, 1.165) is 3.57 Å². The number of rotatable bonds is 4. The molecule has 0 aliphatic rings. The maximum atomic E-state index is 10.9. The van der Waals surface area contributed by atoms with Crippen molar-refractivity contribution in [1.29, 1.82) is 0 Å². The standard InChI is InChI=1S/C14H9I4NO4/c15-7-3-6(4-8(16)13(7)22)23-14-9(17)1-5(2-10(20)21)12(19)11(14)18/h1,3-4,22H,2,19H2,(H,20,21). The lowest BCUT2D eigenvalue weighted by Gasteiger charge is -2.15. The van der Waals surface area contributed by atoms with Crippen LogP contribution < -0.4 is 10.5 Å². The summed E-state index contributed by atoms with van der Waals surface area (Å²) < 4.78 is 8.75. The monoisotopic (exact) mass is 763 g/mol. The zero-order valence-electron chi connectivity index (χ0n) is 11.2. The van der Waals surface area contributed by atoms with Crippen LogP contribution in [0, 0.1) is 14.3 Å². The van der Waals surface area contributed by atoms with Crippen LogP contribution in [0.2, 0.25) is 0 Å². The highest BCUT2D eigenvalue weighted by atomic mass is 127. The number of phenols is 1. The smallest absolute Gasteiger partial charge is 0.307 e. The van der Waals surface area contributed by atoms with Crippen LogP contribution in [0.25, 0.3) is 0 Å². The fourth-order valence-corrected chi connectivity index (χ4v) is 5.52. The number of nitrogens with two attached hydrogens (primary N) is 1. The maximum Gasteiger partial charge on any atom is 0.307 e. The van der Waals surface area contributed by atoms with E-state index in [9.17, 15) is 9.90 Å². The Morgan fingerprint density at radius 2 is 1.65 bits per heavy atom. The average molecular weight is 763 g/mol. The molecular formula is C14H9I4NO4. The molecule has 0 spiro atoms. The third-order valence-corrected chi connectivity index (χ3v) is 6.37. The number of benzene rings is 2. The Labute approximate surface area is 186 Å². The van der Waals surface area contributed by atoms with Gasteiger partial charge in [0.05, 0.1) is 26.4 Å². The molecule has 9 heteroatoms. The van der Waals surface area contributed by atoms with Crippen molar-refractivity contribution >= 4 is 102 Å². The van der Waals surface area contributed by atoms with E-state index < -0.39 is 5.97 Å². The second kappa shape index (κ2) is 8.07. The fourth-order valence-electron chi connectivity index (χ4n) is 1.79. The predicted molar refractivity (Wildman–Crippen MR) is 121 cm³/mol. The summed E-state index contributed by atoms with van der Waals surface area (Å²) in [5, 5.41) is 18.8. The molecule has 0 amide bonds. The number of hydrogen-bond donors (Lipinski definition) is 3. The highest BCUT2D eigenvalue weighted by molar-refractivity contribution is 14.1. The first-order valence-corrected chi connectivity index (χ1v) is 10.4. The Hall–Kier alpha value is 0.230. The van der Waals surface area contributed by atoms with E-state index in [2.05, 4.69) is 45.2 Å². The minimum absolute atomic E-state index is 0.132. The van der Waals surface area contributed by atoms with Crippen LogP contribution in [0.3, 0.4) is 0 Å². The summed E-state index contributed by atoms with van der Waals surface area (Å²) in [6.45, 7) is 0. The van der Waals surface area contributed by atoms with Crippen molar-refractivity contribution in [1.82, 2.24) is 0 Å². The molecule has 2 aromatic rings. The number of carboxylic acids is 1. The van der Waals surface area contributed by atoms with Crippen LogP contribution in [0.15, 0.2) is 18.2 Å². The molecule has 0 heterocycles. The lowest BCUT2D eigenvalue weighted by Crippen LogP contribution is -2.07. The van der Waals surface area contributed by atoms with Crippen molar-refractivity contribution in [3.05, 3.63) is 38.0 Å². The molecule has 2 rings (SSSR count). The van der Waals surface area contributed by atoms with Crippen molar-refractivity contribution in [2.45, 2.75) is 6.42 Å². The van der Waals surface area contributed by atoms with E-state index in [0.29, 0.717) is 33.5 Å². The van der Waals surface area contributed by atoms with Crippen LogP contribution >= 0.6 is 90.4 Å². The van der Waals surface area contributed by atoms with Gasteiger partial charge in [-0.3, -0.25) is 4.79 Å². The number of ether oxygens (including phenoxy) is 1. The van der Waals surface area contributed by atoms with Gasteiger partial charge in [0.1, 0.15) is 11.5 Å². The number of carboxylic acid groups (broad SMARTS) is 1. The van der Waals surface area contributed by atoms with Gasteiger partial charge in [0.25, 0.3) is 0 Å². The van der Waals surface area contributed by atoms with E-state index in [-0.39, 0.29) is 12.2 Å². The molecule has 0 aromatic heterocycles. The number of nitrogen functional groups attached to an aromatic ring is 1. The third kappa shape index (κ3) is 4.65. The highest BCUT2D eigenvalue weighted by Gasteiger charge is 2.18. The van der Waals surface area contributed by atoms with E-state index >= 15 is 0 Å². The molecule has 0 saturated heterocycles. The van der Waals surface area contributed by atoms with Gasteiger partial charge in [0.15, 0.2) is 5.75 Å². The van der Waals surface area contributed by atoms with E-state index in [1.807, 2.05) is 45.2 Å². The van der Waals surface area contributed by atoms with Gasteiger partial charge in [-0.1, -0.05) is 0 Å². The molecule has 0 aliphatic heterocycles. The first kappa shape index (κ1) is 19.6. The largest absolute Gasteiger partial charge is 0.506 e. The highest BCUT2D eigenvalue weighted by Crippen LogP contribution is 2.39. The second-order valence-corrected chi connectivity index (χ2v) is 9.05. The van der Waals surface area contributed by atoms with Gasteiger partial charge in [-0.05, 0) is 114 Å². The van der Waals surface area contributed by atoms with Gasteiger partial charge >= 0.3 is 5.97 Å². The number of halogens is 4. The topological polar surface area (TPSA) is 92.8 Å². The molecule has 0 aliphatic carbocycles. The minimum atomic E-state index is -0.931. The molecule has 0 unspecified atom stereocenters. The van der Waals surface area contributed by atoms with Gasteiger partial charge < -0.3 is 20.7 Å². The van der Waals surface area contributed by atoms with E-state index in [1.165, 1.54) is 0 Å². The fraction of sp³-hybridized carbons (Fsp3) is 0.0714. The molecule has 122 valence electrons. The minimum Gasteiger partial charge on any atom is -0.506 e. The first-order valence-electron chi connectivity index (χ1n) is 6.04. The molecule has 0 saturated carbocycles. The number of aliphatic carboxylic acids is 1. The molecule has 0 fully saturated rings. The van der Waals surface area contributed by atoms with Gasteiger partial charge in [-0.15, -0.1) is 0 Å². The van der Waals surface area contributed by atoms with Crippen molar-refractivity contribution in [3.8, 4) is 17.2 Å². The number of carbonyl (C=O) groups is 1. The summed E-state index contributed by atoms with van der Waals surface area (Å²) in [5.41, 5.74) is 7.01. The van der Waals surface area contributed by atoms with E-state index in [4.69, 9.17) is 15.6 Å². The zero-order valence-corrected chi connectivity index (χ0v) is 19.9. The Morgan fingerprint density at radius 3 is 2.17 bits per heavy atom. The lowest BCUT2D eigenvalue weighted by molar-refractivity contribution is -0.136. The van der Waals surface area contributed by atoms with Gasteiger partial charge in [-0.2, -0.15) is 0 Å². The summed E-state index contributed by atoms with van der Waals surface area (Å²) in [7, 11) is 0. The molecule has 5 nitrogen and oxygen atoms in total. The van der Waals surface area contributed by atoms with Crippen LogP contribution in [-0.2, 0) is 11.2 Å². The van der Waals surface area contributed by atoms with Gasteiger partial charge in [0, 0.05) is 0 Å².